The highest BCUT2D eigenvalue weighted by molar-refractivity contribution is 14.0. The Morgan fingerprint density at radius 1 is 1.23 bits per heavy atom. The predicted molar refractivity (Wildman–Crippen MR) is 137 cm³/mol. The number of nitrogens with one attached hydrogen (secondary N) is 1. The summed E-state index contributed by atoms with van der Waals surface area (Å²) in [5.74, 6) is 2.77. The number of benzene rings is 1. The highest BCUT2D eigenvalue weighted by Gasteiger charge is 2.09. The average Bonchev–Trinajstić information content (AvgIpc) is 3.43. The Bertz CT molecular complexity index is 910. The van der Waals surface area contributed by atoms with Crippen LogP contribution in [0.2, 0.25) is 0 Å². The molecule has 0 aliphatic carbocycles. The SMILES string of the molecule is CCOc1ccc(CN(C)C(=NCc2cccs2)NCCn2cnnc2CC)cc1.I. The summed E-state index contributed by atoms with van der Waals surface area (Å²) >= 11 is 1.73. The zero-order valence-electron chi connectivity index (χ0n) is 18.3. The lowest BCUT2D eigenvalue weighted by Gasteiger charge is -2.23. The normalized spacial score (nSPS) is 11.1. The van der Waals surface area contributed by atoms with Crippen LogP contribution in [-0.2, 0) is 26.1 Å². The fourth-order valence-electron chi connectivity index (χ4n) is 3.10. The fraction of sp³-hybridized carbons (Fsp3) is 0.409. The predicted octanol–water partition coefficient (Wildman–Crippen LogP) is 4.20. The molecule has 0 saturated heterocycles. The first-order chi connectivity index (χ1) is 14.7. The number of aliphatic imine (C=N–C) groups is 1. The van der Waals surface area contributed by atoms with Gasteiger partial charge in [0, 0.05) is 38.0 Å². The summed E-state index contributed by atoms with van der Waals surface area (Å²) in [6, 6.07) is 12.4. The van der Waals surface area contributed by atoms with Crippen LogP contribution in [0, 0.1) is 0 Å². The van der Waals surface area contributed by atoms with Crippen molar-refractivity contribution in [1.29, 1.82) is 0 Å². The zero-order chi connectivity index (χ0) is 21.2. The zero-order valence-corrected chi connectivity index (χ0v) is 21.5. The molecule has 0 aliphatic rings. The highest BCUT2D eigenvalue weighted by atomic mass is 127. The molecule has 3 aromatic rings. The molecule has 0 fully saturated rings. The molecule has 1 N–H and O–H groups in total. The van der Waals surface area contributed by atoms with E-state index in [0.29, 0.717) is 13.2 Å². The van der Waals surface area contributed by atoms with Crippen LogP contribution < -0.4 is 10.1 Å². The Labute approximate surface area is 205 Å². The molecule has 3 rings (SSSR count). The van der Waals surface area contributed by atoms with Gasteiger partial charge in [-0.15, -0.1) is 45.5 Å². The number of aromatic nitrogens is 3. The van der Waals surface area contributed by atoms with Crippen molar-refractivity contribution >= 4 is 41.3 Å². The minimum Gasteiger partial charge on any atom is -0.494 e. The van der Waals surface area contributed by atoms with Gasteiger partial charge in [-0.2, -0.15) is 0 Å². The lowest BCUT2D eigenvalue weighted by atomic mass is 10.2. The molecule has 0 aliphatic heterocycles. The van der Waals surface area contributed by atoms with Crippen LogP contribution in [0.1, 0.15) is 30.1 Å². The standard InChI is InChI=1S/C22H30N6OS.HI/c1-4-21-26-25-17-28(21)13-12-23-22(24-15-20-7-6-14-30-20)27(3)16-18-8-10-19(11-9-18)29-5-2;/h6-11,14,17H,4-5,12-13,15-16H2,1-3H3,(H,23,24);1H. The van der Waals surface area contributed by atoms with Crippen molar-refractivity contribution in [2.45, 2.75) is 39.9 Å². The van der Waals surface area contributed by atoms with Gasteiger partial charge in [0.15, 0.2) is 5.96 Å². The van der Waals surface area contributed by atoms with Crippen LogP contribution >= 0.6 is 35.3 Å². The summed E-state index contributed by atoms with van der Waals surface area (Å²) in [5, 5.41) is 13.7. The summed E-state index contributed by atoms with van der Waals surface area (Å²) in [4.78, 5) is 8.24. The lowest BCUT2D eigenvalue weighted by molar-refractivity contribution is 0.340. The van der Waals surface area contributed by atoms with E-state index in [1.807, 2.05) is 19.1 Å². The van der Waals surface area contributed by atoms with E-state index in [2.05, 4.69) is 68.6 Å². The van der Waals surface area contributed by atoms with Crippen LogP contribution in [0.5, 0.6) is 5.75 Å². The summed E-state index contributed by atoms with van der Waals surface area (Å²) < 4.78 is 7.62. The minimum absolute atomic E-state index is 0. The van der Waals surface area contributed by atoms with Crippen molar-refractivity contribution < 1.29 is 4.74 Å². The maximum absolute atomic E-state index is 5.54. The molecule has 0 radical (unpaired) electrons. The van der Waals surface area contributed by atoms with Gasteiger partial charge in [-0.05, 0) is 36.1 Å². The van der Waals surface area contributed by atoms with Crippen LogP contribution in [0.25, 0.3) is 0 Å². The third-order valence-electron chi connectivity index (χ3n) is 4.63. The van der Waals surface area contributed by atoms with Gasteiger partial charge in [-0.3, -0.25) is 0 Å². The molecule has 0 saturated carbocycles. The number of thiophene rings is 1. The molecule has 31 heavy (non-hydrogen) atoms. The largest absolute Gasteiger partial charge is 0.494 e. The van der Waals surface area contributed by atoms with E-state index >= 15 is 0 Å². The summed E-state index contributed by atoms with van der Waals surface area (Å²) in [6.07, 6.45) is 2.66. The molecule has 168 valence electrons. The Kier molecular flexibility index (Phi) is 10.8. The molecule has 2 aromatic heterocycles. The Morgan fingerprint density at radius 3 is 2.71 bits per heavy atom. The smallest absolute Gasteiger partial charge is 0.194 e. The van der Waals surface area contributed by atoms with Gasteiger partial charge < -0.3 is 19.5 Å². The average molecular weight is 555 g/mol. The second kappa shape index (κ2) is 13.3. The topological polar surface area (TPSA) is 67.6 Å². The second-order valence-electron chi connectivity index (χ2n) is 6.87. The number of guanidine groups is 1. The molecule has 7 nitrogen and oxygen atoms in total. The molecule has 0 amide bonds. The van der Waals surface area contributed by atoms with E-state index in [-0.39, 0.29) is 24.0 Å². The molecular formula is C22H31IN6OS. The van der Waals surface area contributed by atoms with Gasteiger partial charge in [0.1, 0.15) is 17.9 Å². The van der Waals surface area contributed by atoms with E-state index < -0.39 is 0 Å². The number of hydrogen-bond donors (Lipinski definition) is 1. The van der Waals surface area contributed by atoms with Crippen LogP contribution in [0.4, 0.5) is 0 Å². The maximum atomic E-state index is 5.54. The van der Waals surface area contributed by atoms with E-state index in [4.69, 9.17) is 9.73 Å². The number of halogens is 1. The van der Waals surface area contributed by atoms with Gasteiger partial charge in [-0.1, -0.05) is 25.1 Å². The summed E-state index contributed by atoms with van der Waals surface area (Å²) in [7, 11) is 2.06. The number of aryl methyl sites for hydroxylation is 1. The molecule has 0 atom stereocenters. The van der Waals surface area contributed by atoms with Gasteiger partial charge in [0.25, 0.3) is 0 Å². The Morgan fingerprint density at radius 2 is 2.03 bits per heavy atom. The highest BCUT2D eigenvalue weighted by Crippen LogP contribution is 2.14. The van der Waals surface area contributed by atoms with E-state index in [1.165, 1.54) is 10.4 Å². The molecule has 9 heteroatoms. The lowest BCUT2D eigenvalue weighted by Crippen LogP contribution is -2.40. The van der Waals surface area contributed by atoms with Crippen LogP contribution in [0.15, 0.2) is 53.1 Å². The number of nitrogens with zero attached hydrogens (tertiary/aromatic N) is 5. The number of hydrogen-bond acceptors (Lipinski definition) is 5. The number of rotatable bonds is 10. The van der Waals surface area contributed by atoms with Gasteiger partial charge in [0.2, 0.25) is 0 Å². The molecule has 0 spiro atoms. The Hall–Kier alpha value is -2.14. The van der Waals surface area contributed by atoms with E-state index in [9.17, 15) is 0 Å². The van der Waals surface area contributed by atoms with Crippen molar-refractivity contribution in [1.82, 2.24) is 25.0 Å². The number of ether oxygens (including phenoxy) is 1. The van der Waals surface area contributed by atoms with Crippen molar-refractivity contribution in [3.05, 3.63) is 64.4 Å². The first-order valence-electron chi connectivity index (χ1n) is 10.3. The van der Waals surface area contributed by atoms with Crippen molar-refractivity contribution in [2.24, 2.45) is 4.99 Å². The van der Waals surface area contributed by atoms with E-state index in [0.717, 1.165) is 43.6 Å². The van der Waals surface area contributed by atoms with Crippen LogP contribution in [0.3, 0.4) is 0 Å². The minimum atomic E-state index is 0. The fourth-order valence-corrected chi connectivity index (χ4v) is 3.73. The Balaban J connectivity index is 0.00000341. The van der Waals surface area contributed by atoms with Crippen molar-refractivity contribution in [3.8, 4) is 5.75 Å². The van der Waals surface area contributed by atoms with E-state index in [1.54, 1.807) is 17.7 Å². The monoisotopic (exact) mass is 554 g/mol. The van der Waals surface area contributed by atoms with Gasteiger partial charge in [-0.25, -0.2) is 4.99 Å². The molecule has 2 heterocycles. The third kappa shape index (κ3) is 7.80. The van der Waals surface area contributed by atoms with Gasteiger partial charge >= 0.3 is 0 Å². The first kappa shape index (κ1) is 25.1. The van der Waals surface area contributed by atoms with Gasteiger partial charge in [0.05, 0.1) is 13.2 Å². The van der Waals surface area contributed by atoms with Crippen molar-refractivity contribution in [3.63, 3.8) is 0 Å². The van der Waals surface area contributed by atoms with Crippen LogP contribution in [-0.4, -0.2) is 45.8 Å². The third-order valence-corrected chi connectivity index (χ3v) is 5.49. The maximum Gasteiger partial charge on any atom is 0.194 e. The molecule has 0 unspecified atom stereocenters. The quantitative estimate of drug-likeness (QED) is 0.231. The van der Waals surface area contributed by atoms with Crippen molar-refractivity contribution in [2.75, 3.05) is 20.2 Å². The second-order valence-corrected chi connectivity index (χ2v) is 7.91. The molecule has 0 bridgehead atoms. The first-order valence-corrected chi connectivity index (χ1v) is 11.2. The molecule has 1 aromatic carbocycles. The summed E-state index contributed by atoms with van der Waals surface area (Å²) in [5.41, 5.74) is 1.21. The summed E-state index contributed by atoms with van der Waals surface area (Å²) in [6.45, 7) is 7.73. The molecular weight excluding hydrogens is 523 g/mol.